The highest BCUT2D eigenvalue weighted by molar-refractivity contribution is 5.63. The van der Waals surface area contributed by atoms with E-state index < -0.39 is 11.2 Å². The lowest BCUT2D eigenvalue weighted by Gasteiger charge is -2.74. The molecule has 7 rings (SSSR count). The van der Waals surface area contributed by atoms with Gasteiger partial charge in [0.1, 0.15) is 11.7 Å². The predicted molar refractivity (Wildman–Crippen MR) is 119 cm³/mol. The van der Waals surface area contributed by atoms with Crippen LogP contribution in [0.4, 0.5) is 0 Å². The van der Waals surface area contributed by atoms with Gasteiger partial charge >= 0.3 is 0 Å². The Morgan fingerprint density at radius 2 is 1.90 bits per heavy atom. The van der Waals surface area contributed by atoms with Crippen LogP contribution in [-0.2, 0) is 16.6 Å². The average Bonchev–Trinajstić information content (AvgIpc) is 3.09. The molecule has 7 atom stereocenters. The van der Waals surface area contributed by atoms with E-state index in [1.54, 1.807) is 7.11 Å². The summed E-state index contributed by atoms with van der Waals surface area (Å²) in [6, 6.07) is 4.73. The number of aliphatic hydroxyl groups is 1. The third kappa shape index (κ3) is 1.98. The summed E-state index contributed by atoms with van der Waals surface area (Å²) in [4.78, 5) is 0. The monoisotopic (exact) mass is 427 g/mol. The molecule has 2 heterocycles. The summed E-state index contributed by atoms with van der Waals surface area (Å²) in [5, 5.41) is 15.9. The van der Waals surface area contributed by atoms with Crippen LogP contribution in [0.3, 0.4) is 0 Å². The third-order valence-electron chi connectivity index (χ3n) is 10.6. The van der Waals surface area contributed by atoms with E-state index in [2.05, 4.69) is 38.2 Å². The maximum atomic E-state index is 12.0. The lowest BCUT2D eigenvalue weighted by molar-refractivity contribution is -0.303. The van der Waals surface area contributed by atoms with Crippen LogP contribution in [0.5, 0.6) is 11.5 Å². The van der Waals surface area contributed by atoms with Crippen molar-refractivity contribution in [3.63, 3.8) is 0 Å². The summed E-state index contributed by atoms with van der Waals surface area (Å²) in [5.41, 5.74) is 1.13. The first-order valence-electron chi connectivity index (χ1n) is 12.0. The smallest absolute Gasteiger partial charge is 0.165 e. The predicted octanol–water partition coefficient (Wildman–Crippen LogP) is 3.59. The molecule has 4 fully saturated rings. The molecule has 1 aromatic carbocycles. The average molecular weight is 428 g/mol. The van der Waals surface area contributed by atoms with Crippen LogP contribution in [0.2, 0.25) is 0 Å². The number of fused-ring (bicyclic) bond motifs is 2. The van der Waals surface area contributed by atoms with Gasteiger partial charge in [-0.1, -0.05) is 26.8 Å². The van der Waals surface area contributed by atoms with Gasteiger partial charge in [0.15, 0.2) is 11.5 Å². The summed E-state index contributed by atoms with van der Waals surface area (Å²) >= 11 is 0. The number of benzene rings is 1. The zero-order valence-corrected chi connectivity index (χ0v) is 19.8. The van der Waals surface area contributed by atoms with Crippen molar-refractivity contribution in [2.45, 2.75) is 88.6 Å². The maximum absolute atomic E-state index is 12.0. The molecule has 4 aliphatic carbocycles. The molecule has 31 heavy (non-hydrogen) atoms. The highest BCUT2D eigenvalue weighted by atomic mass is 16.6. The van der Waals surface area contributed by atoms with Gasteiger partial charge in [-0.15, -0.1) is 0 Å². The fourth-order valence-corrected chi connectivity index (χ4v) is 8.68. The Balaban J connectivity index is 1.64. The first-order chi connectivity index (χ1) is 14.6. The van der Waals surface area contributed by atoms with E-state index in [1.807, 2.05) is 14.0 Å². The Labute approximate surface area is 185 Å². The molecular weight excluding hydrogens is 390 g/mol. The quantitative estimate of drug-likeness (QED) is 0.772. The summed E-state index contributed by atoms with van der Waals surface area (Å²) in [6.07, 6.45) is 4.99. The van der Waals surface area contributed by atoms with Crippen molar-refractivity contribution in [2.24, 2.45) is 16.7 Å². The van der Waals surface area contributed by atoms with Gasteiger partial charge in [0.05, 0.1) is 12.7 Å². The van der Waals surface area contributed by atoms with Crippen molar-refractivity contribution in [1.82, 2.24) is 5.32 Å². The van der Waals surface area contributed by atoms with E-state index in [9.17, 15) is 5.11 Å². The first kappa shape index (κ1) is 20.3. The van der Waals surface area contributed by atoms with Crippen LogP contribution in [0.15, 0.2) is 12.1 Å². The number of methoxy groups -OCH3 is 2. The molecule has 0 radical (unpaired) electrons. The molecule has 5 heteroatoms. The maximum Gasteiger partial charge on any atom is 0.165 e. The minimum absolute atomic E-state index is 0.00105. The third-order valence-corrected chi connectivity index (χ3v) is 10.6. The van der Waals surface area contributed by atoms with E-state index in [0.717, 1.165) is 50.1 Å². The van der Waals surface area contributed by atoms with E-state index >= 15 is 0 Å². The molecule has 4 bridgehead atoms. The van der Waals surface area contributed by atoms with Gasteiger partial charge < -0.3 is 24.6 Å². The van der Waals surface area contributed by atoms with Gasteiger partial charge in [-0.05, 0) is 62.6 Å². The van der Waals surface area contributed by atoms with Crippen molar-refractivity contribution in [2.75, 3.05) is 20.8 Å². The Bertz CT molecular complexity index is 951. The second-order valence-corrected chi connectivity index (χ2v) is 12.0. The molecule has 1 aromatic rings. The largest absolute Gasteiger partial charge is 0.493 e. The van der Waals surface area contributed by atoms with Crippen LogP contribution >= 0.6 is 0 Å². The van der Waals surface area contributed by atoms with Crippen molar-refractivity contribution >= 4 is 0 Å². The topological polar surface area (TPSA) is 60.0 Å². The minimum atomic E-state index is -0.880. The van der Waals surface area contributed by atoms with Gasteiger partial charge in [-0.25, -0.2) is 0 Å². The second kappa shape index (κ2) is 5.78. The van der Waals surface area contributed by atoms with Crippen molar-refractivity contribution in [3.8, 4) is 11.5 Å². The Morgan fingerprint density at radius 1 is 1.13 bits per heavy atom. The summed E-state index contributed by atoms with van der Waals surface area (Å²) in [5.74, 6) is 1.77. The van der Waals surface area contributed by atoms with Crippen molar-refractivity contribution in [1.29, 1.82) is 0 Å². The normalized spacial score (nSPS) is 43.8. The number of piperidine rings is 1. The van der Waals surface area contributed by atoms with Crippen LogP contribution in [0.25, 0.3) is 0 Å². The van der Waals surface area contributed by atoms with Gasteiger partial charge in [0.25, 0.3) is 0 Å². The van der Waals surface area contributed by atoms with Gasteiger partial charge in [-0.3, -0.25) is 0 Å². The lowest BCUT2D eigenvalue weighted by Crippen LogP contribution is -2.83. The highest BCUT2D eigenvalue weighted by Crippen LogP contribution is 2.77. The molecular formula is C26H37NO4. The van der Waals surface area contributed by atoms with Crippen LogP contribution in [0, 0.1) is 16.7 Å². The number of ether oxygens (including phenoxy) is 3. The fourth-order valence-electron chi connectivity index (χ4n) is 8.68. The van der Waals surface area contributed by atoms with Gasteiger partial charge in [-0.2, -0.15) is 0 Å². The SMILES string of the molecule is COc1ccc2c3c1O[C@@H]1[C@]34CCN[C@H](C2)[C@]42CC[C@@]1(OC)C([C@@](C)(O)C(C)(C)C)C2. The van der Waals surface area contributed by atoms with Crippen molar-refractivity contribution < 1.29 is 19.3 Å². The molecule has 2 spiro atoms. The van der Waals surface area contributed by atoms with Crippen LogP contribution in [0.1, 0.15) is 64.5 Å². The molecule has 170 valence electrons. The lowest BCUT2D eigenvalue weighted by atomic mass is 9.33. The first-order valence-corrected chi connectivity index (χ1v) is 12.0. The van der Waals surface area contributed by atoms with Crippen LogP contribution < -0.4 is 14.8 Å². The molecule has 1 unspecified atom stereocenters. The van der Waals surface area contributed by atoms with E-state index in [4.69, 9.17) is 14.2 Å². The molecule has 0 aromatic heterocycles. The fraction of sp³-hybridized carbons (Fsp3) is 0.769. The summed E-state index contributed by atoms with van der Waals surface area (Å²) in [7, 11) is 3.57. The minimum Gasteiger partial charge on any atom is -0.493 e. The molecule has 0 amide bonds. The molecule has 5 nitrogen and oxygen atoms in total. The number of rotatable bonds is 3. The molecule has 6 aliphatic rings. The molecule has 3 saturated carbocycles. The highest BCUT2D eigenvalue weighted by Gasteiger charge is 2.81. The van der Waals surface area contributed by atoms with Crippen molar-refractivity contribution in [3.05, 3.63) is 23.3 Å². The molecule has 2 aliphatic heterocycles. The van der Waals surface area contributed by atoms with Crippen LogP contribution in [-0.4, -0.2) is 49.2 Å². The Kier molecular flexibility index (Phi) is 3.79. The summed E-state index contributed by atoms with van der Waals surface area (Å²) in [6.45, 7) is 9.48. The number of hydrogen-bond donors (Lipinski definition) is 2. The van der Waals surface area contributed by atoms with E-state index in [-0.39, 0.29) is 28.3 Å². The second-order valence-electron chi connectivity index (χ2n) is 12.0. The van der Waals surface area contributed by atoms with E-state index in [1.165, 1.54) is 11.1 Å². The van der Waals surface area contributed by atoms with E-state index in [0.29, 0.717) is 6.04 Å². The zero-order valence-electron chi connectivity index (χ0n) is 19.8. The van der Waals surface area contributed by atoms with Gasteiger partial charge in [0, 0.05) is 35.5 Å². The zero-order chi connectivity index (χ0) is 22.0. The molecule has 1 saturated heterocycles. The summed E-state index contributed by atoms with van der Waals surface area (Å²) < 4.78 is 19.3. The molecule has 2 N–H and O–H groups in total. The standard InChI is InChI=1S/C26H37NO4/c1-22(2,3)23(4,28)17-14-24-9-10-26(17,30-6)21-25(24)11-12-27-18(24)13-15-7-8-16(29-5)20(31-21)19(15)25/h7-8,17-18,21,27-28H,9-14H2,1-6H3/t17?,18-,21-,23-,24-,25+,26-/m1/s1. The Morgan fingerprint density at radius 3 is 2.58 bits per heavy atom. The number of hydrogen-bond acceptors (Lipinski definition) is 5. The number of nitrogens with one attached hydrogen (secondary N) is 1. The van der Waals surface area contributed by atoms with Gasteiger partial charge in [0.2, 0.25) is 0 Å². The Hall–Kier alpha value is -1.30.